The zero-order valence-electron chi connectivity index (χ0n) is 30.6. The second-order valence-electron chi connectivity index (χ2n) is 13.2. The van der Waals surface area contributed by atoms with Crippen LogP contribution in [0.2, 0.25) is 0 Å². The summed E-state index contributed by atoms with van der Waals surface area (Å²) in [6.07, 6.45) is 1.03. The number of hydrogen-bond acceptors (Lipinski definition) is 8. The second kappa shape index (κ2) is 18.5. The van der Waals surface area contributed by atoms with Crippen LogP contribution in [0.3, 0.4) is 0 Å². The molecule has 1 atom stereocenters. The average Bonchev–Trinajstić information content (AvgIpc) is 3.46. The number of anilines is 1. The number of imide groups is 2. The van der Waals surface area contributed by atoms with Crippen LogP contribution in [0.25, 0.3) is 11.1 Å². The van der Waals surface area contributed by atoms with Gasteiger partial charge in [-0.15, -0.1) is 11.6 Å². The predicted molar refractivity (Wildman–Crippen MR) is 211 cm³/mol. The molecule has 55 heavy (non-hydrogen) atoms. The Kier molecular flexibility index (Phi) is 13.1. The lowest BCUT2D eigenvalue weighted by Gasteiger charge is -2.27. The second-order valence-corrected chi connectivity index (χ2v) is 13.6. The summed E-state index contributed by atoms with van der Waals surface area (Å²) in [6, 6.07) is 32.4. The zero-order chi connectivity index (χ0) is 38.7. The molecule has 2 heterocycles. The number of alkyl halides is 1. The van der Waals surface area contributed by atoms with E-state index in [1.54, 1.807) is 30.1 Å². The third kappa shape index (κ3) is 9.30. The molecule has 1 saturated heterocycles. The molecule has 12 heteroatoms. The maximum atomic E-state index is 13.3. The van der Waals surface area contributed by atoms with Gasteiger partial charge in [-0.25, -0.2) is 0 Å². The number of benzene rings is 4. The zero-order valence-corrected chi connectivity index (χ0v) is 31.3. The maximum absolute atomic E-state index is 13.3. The molecule has 2 aliphatic heterocycles. The summed E-state index contributed by atoms with van der Waals surface area (Å²) in [7, 11) is 1.72. The van der Waals surface area contributed by atoms with Gasteiger partial charge >= 0.3 is 0 Å². The number of nitrogens with zero attached hydrogens (tertiary/aromatic N) is 2. The number of piperidine rings is 1. The SMILES string of the molecule is CN(CCOc1ccc(C(=C(CCCl)c2ccccc2)c2ccccc2)cc1)C(=O)CCOCCNc1cccc2c1C(=O)N(C1CCC(=O)NC1=O)C2=O. The van der Waals surface area contributed by atoms with Gasteiger partial charge in [-0.2, -0.15) is 0 Å². The Labute approximate surface area is 325 Å². The number of hydrogen-bond donors (Lipinski definition) is 2. The van der Waals surface area contributed by atoms with Crippen molar-refractivity contribution in [3.8, 4) is 5.75 Å². The van der Waals surface area contributed by atoms with Crippen molar-refractivity contribution >= 4 is 58.0 Å². The van der Waals surface area contributed by atoms with Crippen LogP contribution in [0.5, 0.6) is 5.75 Å². The van der Waals surface area contributed by atoms with Gasteiger partial charge < -0.3 is 19.7 Å². The summed E-state index contributed by atoms with van der Waals surface area (Å²) >= 11 is 6.29. The molecule has 4 aromatic carbocycles. The van der Waals surface area contributed by atoms with Crippen LogP contribution < -0.4 is 15.4 Å². The Balaban J connectivity index is 0.947. The minimum absolute atomic E-state index is 0.0502. The molecule has 0 spiro atoms. The summed E-state index contributed by atoms with van der Waals surface area (Å²) in [4.78, 5) is 65.6. The van der Waals surface area contributed by atoms with Gasteiger partial charge in [0.25, 0.3) is 11.8 Å². The van der Waals surface area contributed by atoms with Crippen LogP contribution in [-0.2, 0) is 19.1 Å². The number of ether oxygens (including phenoxy) is 2. The van der Waals surface area contributed by atoms with Gasteiger partial charge in [0, 0.05) is 31.6 Å². The van der Waals surface area contributed by atoms with Crippen LogP contribution in [-0.4, -0.2) is 91.2 Å². The summed E-state index contributed by atoms with van der Waals surface area (Å²) in [5.74, 6) is -1.13. The summed E-state index contributed by atoms with van der Waals surface area (Å²) in [5, 5.41) is 5.33. The van der Waals surface area contributed by atoms with Crippen LogP contribution in [0.1, 0.15) is 63.1 Å². The topological polar surface area (TPSA) is 134 Å². The third-order valence-corrected chi connectivity index (χ3v) is 9.77. The molecule has 284 valence electrons. The van der Waals surface area contributed by atoms with Gasteiger partial charge in [-0.3, -0.25) is 34.2 Å². The first-order chi connectivity index (χ1) is 26.8. The van der Waals surface area contributed by atoms with Crippen molar-refractivity contribution in [3.05, 3.63) is 131 Å². The van der Waals surface area contributed by atoms with Crippen molar-refractivity contribution in [2.24, 2.45) is 0 Å². The number of nitrogens with one attached hydrogen (secondary N) is 2. The van der Waals surface area contributed by atoms with Crippen LogP contribution in [0.15, 0.2) is 103 Å². The number of amides is 5. The summed E-state index contributed by atoms with van der Waals surface area (Å²) in [5.41, 5.74) is 6.40. The van der Waals surface area contributed by atoms with Crippen molar-refractivity contribution in [1.29, 1.82) is 0 Å². The van der Waals surface area contributed by atoms with Crippen molar-refractivity contribution < 1.29 is 33.4 Å². The number of carbonyl (C=O) groups excluding carboxylic acids is 5. The van der Waals surface area contributed by atoms with E-state index in [4.69, 9.17) is 21.1 Å². The summed E-state index contributed by atoms with van der Waals surface area (Å²) in [6.45, 7) is 1.48. The van der Waals surface area contributed by atoms with Crippen LogP contribution in [0.4, 0.5) is 5.69 Å². The Morgan fingerprint density at radius 2 is 1.51 bits per heavy atom. The fraction of sp³-hybridized carbons (Fsp3) is 0.279. The van der Waals surface area contributed by atoms with E-state index in [-0.39, 0.29) is 49.5 Å². The number of rotatable bonds is 17. The first kappa shape index (κ1) is 38.9. The standard InChI is InChI=1S/C43H43ClN4O7/c1-47(25-28-55-32-17-15-31(16-18-32)39(30-11-6-3-7-12-30)33(21-23-44)29-9-4-2-5-10-29)38(50)22-26-54-27-24-45-35-14-8-13-34-40(35)43(53)48(42(34)52)36-19-20-37(49)46-41(36)51/h2-18,36,45H,19-28H2,1H3,(H,46,49,51). The third-order valence-electron chi connectivity index (χ3n) is 9.59. The monoisotopic (exact) mass is 762 g/mol. The van der Waals surface area contributed by atoms with Crippen LogP contribution >= 0.6 is 11.6 Å². The molecular weight excluding hydrogens is 720 g/mol. The number of fused-ring (bicyclic) bond motifs is 1. The highest BCUT2D eigenvalue weighted by Crippen LogP contribution is 2.36. The number of allylic oxidation sites excluding steroid dienone is 1. The van der Waals surface area contributed by atoms with Gasteiger partial charge in [0.1, 0.15) is 18.4 Å². The Bertz CT molecular complexity index is 2050. The minimum Gasteiger partial charge on any atom is -0.492 e. The normalized spacial score (nSPS) is 15.7. The molecule has 1 unspecified atom stereocenters. The molecule has 0 bridgehead atoms. The highest BCUT2D eigenvalue weighted by molar-refractivity contribution is 6.25. The average molecular weight is 763 g/mol. The maximum Gasteiger partial charge on any atom is 0.264 e. The Morgan fingerprint density at radius 3 is 2.20 bits per heavy atom. The van der Waals surface area contributed by atoms with E-state index < -0.39 is 29.7 Å². The molecule has 0 radical (unpaired) electrons. The molecule has 2 aliphatic rings. The smallest absolute Gasteiger partial charge is 0.264 e. The lowest BCUT2D eigenvalue weighted by molar-refractivity contribution is -0.136. The first-order valence-electron chi connectivity index (χ1n) is 18.3. The van der Waals surface area contributed by atoms with Crippen molar-refractivity contribution in [1.82, 2.24) is 15.1 Å². The van der Waals surface area contributed by atoms with Gasteiger partial charge in [0.05, 0.1) is 37.3 Å². The fourth-order valence-electron chi connectivity index (χ4n) is 6.78. The lowest BCUT2D eigenvalue weighted by Crippen LogP contribution is -2.54. The van der Waals surface area contributed by atoms with Crippen molar-refractivity contribution in [3.63, 3.8) is 0 Å². The minimum atomic E-state index is -1.04. The van der Waals surface area contributed by atoms with E-state index in [9.17, 15) is 24.0 Å². The summed E-state index contributed by atoms with van der Waals surface area (Å²) < 4.78 is 11.7. The fourth-order valence-corrected chi connectivity index (χ4v) is 6.97. The van der Waals surface area contributed by atoms with Gasteiger partial charge in [0.2, 0.25) is 17.7 Å². The molecule has 11 nitrogen and oxygen atoms in total. The Morgan fingerprint density at radius 1 is 0.818 bits per heavy atom. The first-order valence-corrected chi connectivity index (χ1v) is 18.8. The van der Waals surface area contributed by atoms with E-state index in [1.807, 2.05) is 48.5 Å². The number of carbonyl (C=O) groups is 5. The van der Waals surface area contributed by atoms with Gasteiger partial charge in [-0.1, -0.05) is 78.9 Å². The highest BCUT2D eigenvalue weighted by atomic mass is 35.5. The molecule has 0 saturated carbocycles. The van der Waals surface area contributed by atoms with E-state index in [0.29, 0.717) is 43.4 Å². The molecule has 2 N–H and O–H groups in total. The van der Waals surface area contributed by atoms with E-state index in [0.717, 1.165) is 27.2 Å². The Hall–Kier alpha value is -5.78. The molecular formula is C43H43ClN4O7. The largest absolute Gasteiger partial charge is 0.492 e. The molecule has 1 fully saturated rings. The van der Waals surface area contributed by atoms with Gasteiger partial charge in [-0.05, 0) is 64.9 Å². The van der Waals surface area contributed by atoms with Crippen molar-refractivity contribution in [2.45, 2.75) is 31.7 Å². The quantitative estimate of drug-likeness (QED) is 0.0577. The molecule has 5 amide bonds. The van der Waals surface area contributed by atoms with E-state index in [2.05, 4.69) is 47.0 Å². The number of halogens is 1. The highest BCUT2D eigenvalue weighted by Gasteiger charge is 2.45. The number of likely N-dealkylation sites (N-methyl/N-ethyl adjacent to an activating group) is 1. The molecule has 6 rings (SSSR count). The predicted octanol–water partition coefficient (Wildman–Crippen LogP) is 6.03. The van der Waals surface area contributed by atoms with E-state index >= 15 is 0 Å². The molecule has 0 aliphatic carbocycles. The van der Waals surface area contributed by atoms with Crippen molar-refractivity contribution in [2.75, 3.05) is 51.2 Å². The van der Waals surface area contributed by atoms with Crippen LogP contribution in [0, 0.1) is 0 Å². The van der Waals surface area contributed by atoms with E-state index in [1.165, 1.54) is 5.57 Å². The van der Waals surface area contributed by atoms with Gasteiger partial charge in [0.15, 0.2) is 0 Å². The lowest BCUT2D eigenvalue weighted by atomic mass is 9.88. The molecule has 0 aromatic heterocycles. The molecule has 4 aromatic rings.